The monoisotopic (exact) mass is 473 g/mol. The molecule has 2 heterocycles. The zero-order valence-electron chi connectivity index (χ0n) is 18.0. The van der Waals surface area contributed by atoms with Crippen LogP contribution in [0.4, 0.5) is 17.6 Å². The van der Waals surface area contributed by atoms with Crippen molar-refractivity contribution in [3.63, 3.8) is 0 Å². The Hall–Kier alpha value is -3.75. The van der Waals surface area contributed by atoms with E-state index in [1.165, 1.54) is 12.3 Å². The summed E-state index contributed by atoms with van der Waals surface area (Å²) in [7, 11) is 0. The molecule has 0 radical (unpaired) electrons. The lowest BCUT2D eigenvalue weighted by Gasteiger charge is -2.20. The van der Waals surface area contributed by atoms with Gasteiger partial charge in [0.25, 0.3) is 0 Å². The summed E-state index contributed by atoms with van der Waals surface area (Å²) in [6.07, 6.45) is -3.39. The number of hydrogen-bond acceptors (Lipinski definition) is 5. The predicted octanol–water partition coefficient (Wildman–Crippen LogP) is 5.34. The number of fused-ring (bicyclic) bond motifs is 1. The number of halogens is 4. The average Bonchev–Trinajstić information content (AvgIpc) is 2.78. The van der Waals surface area contributed by atoms with E-state index in [4.69, 9.17) is 4.74 Å². The molecule has 3 aromatic rings. The Bertz CT molecular complexity index is 1260. The minimum atomic E-state index is -5.03. The van der Waals surface area contributed by atoms with Crippen LogP contribution in [-0.2, 0) is 11.2 Å². The number of alkyl halides is 3. The lowest BCUT2D eigenvalue weighted by atomic mass is 9.86. The van der Waals surface area contributed by atoms with Crippen molar-refractivity contribution in [2.75, 3.05) is 6.61 Å². The van der Waals surface area contributed by atoms with Crippen molar-refractivity contribution in [3.05, 3.63) is 88.5 Å². The average molecular weight is 473 g/mol. The fourth-order valence-electron chi connectivity index (χ4n) is 3.91. The minimum Gasteiger partial charge on any atom is -0.486 e. The van der Waals surface area contributed by atoms with Crippen molar-refractivity contribution < 1.29 is 36.6 Å². The van der Waals surface area contributed by atoms with Crippen LogP contribution in [0.1, 0.15) is 45.1 Å². The fourth-order valence-corrected chi connectivity index (χ4v) is 3.91. The lowest BCUT2D eigenvalue weighted by molar-refractivity contribution is -0.275. The summed E-state index contributed by atoms with van der Waals surface area (Å²) in [5.74, 6) is -2.78. The summed E-state index contributed by atoms with van der Waals surface area (Å²) in [6, 6.07) is 11.4. The van der Waals surface area contributed by atoms with Crippen LogP contribution in [0.2, 0.25) is 0 Å². The molecule has 0 spiro atoms. The summed E-state index contributed by atoms with van der Waals surface area (Å²) < 4.78 is 61.2. The molecule has 0 aliphatic carbocycles. The number of aromatic nitrogens is 1. The first-order valence-electron chi connectivity index (χ1n) is 10.4. The lowest BCUT2D eigenvalue weighted by Crippen LogP contribution is -2.20. The van der Waals surface area contributed by atoms with Gasteiger partial charge in [0.2, 0.25) is 0 Å². The van der Waals surface area contributed by atoms with Crippen molar-refractivity contribution in [3.8, 4) is 11.5 Å². The van der Waals surface area contributed by atoms with Gasteiger partial charge in [-0.2, -0.15) is 0 Å². The SMILES string of the molecule is Cc1cccnc1[C@@H](CC(=O)c1ccc2c(c1)OCC(=O)C2)c1ccc(OC(F)(F)F)c(F)c1. The maximum absolute atomic E-state index is 14.5. The van der Waals surface area contributed by atoms with Gasteiger partial charge in [0.1, 0.15) is 12.4 Å². The van der Waals surface area contributed by atoms with Crippen molar-refractivity contribution in [1.82, 2.24) is 4.98 Å². The topological polar surface area (TPSA) is 65.5 Å². The number of nitrogens with zero attached hydrogens (tertiary/aromatic N) is 1. The molecule has 0 amide bonds. The number of carbonyl (C=O) groups is 2. The van der Waals surface area contributed by atoms with Crippen molar-refractivity contribution >= 4 is 11.6 Å². The number of aryl methyl sites for hydroxylation is 1. The smallest absolute Gasteiger partial charge is 0.486 e. The molecule has 34 heavy (non-hydrogen) atoms. The van der Waals surface area contributed by atoms with Gasteiger partial charge in [-0.15, -0.1) is 13.2 Å². The second-order valence-corrected chi connectivity index (χ2v) is 7.95. The second-order valence-electron chi connectivity index (χ2n) is 7.95. The predicted molar refractivity (Wildman–Crippen MR) is 113 cm³/mol. The van der Waals surface area contributed by atoms with Crippen molar-refractivity contribution in [1.29, 1.82) is 0 Å². The highest BCUT2D eigenvalue weighted by atomic mass is 19.4. The molecule has 4 rings (SSSR count). The number of rotatable bonds is 6. The largest absolute Gasteiger partial charge is 0.573 e. The first-order valence-corrected chi connectivity index (χ1v) is 10.4. The van der Waals surface area contributed by atoms with E-state index < -0.39 is 23.8 Å². The molecule has 0 N–H and O–H groups in total. The third kappa shape index (κ3) is 5.24. The Morgan fingerprint density at radius 2 is 1.97 bits per heavy atom. The molecule has 0 unspecified atom stereocenters. The molecular weight excluding hydrogens is 454 g/mol. The summed E-state index contributed by atoms with van der Waals surface area (Å²) >= 11 is 0. The van der Waals surface area contributed by atoms with E-state index in [0.717, 1.165) is 17.7 Å². The number of ether oxygens (including phenoxy) is 2. The van der Waals surface area contributed by atoms with E-state index >= 15 is 0 Å². The van der Waals surface area contributed by atoms with Gasteiger partial charge in [-0.05, 0) is 42.3 Å². The Morgan fingerprint density at radius 1 is 1.18 bits per heavy atom. The van der Waals surface area contributed by atoms with E-state index in [2.05, 4.69) is 9.72 Å². The van der Waals surface area contributed by atoms with Gasteiger partial charge in [0.05, 0.1) is 5.69 Å². The molecule has 9 heteroatoms. The van der Waals surface area contributed by atoms with E-state index in [1.54, 1.807) is 37.3 Å². The first kappa shape index (κ1) is 23.4. The summed E-state index contributed by atoms with van der Waals surface area (Å²) in [5, 5.41) is 0. The Balaban J connectivity index is 1.67. The normalized spacial score (nSPS) is 14.2. The molecule has 5 nitrogen and oxygen atoms in total. The molecule has 0 saturated carbocycles. The third-order valence-electron chi connectivity index (χ3n) is 5.52. The number of carbonyl (C=O) groups excluding carboxylic acids is 2. The fraction of sp³-hybridized carbons (Fsp3) is 0.240. The van der Waals surface area contributed by atoms with E-state index in [9.17, 15) is 27.2 Å². The molecule has 0 saturated heterocycles. The van der Waals surface area contributed by atoms with E-state index in [1.807, 2.05) is 0 Å². The Kier molecular flexibility index (Phi) is 6.37. The molecule has 0 fully saturated rings. The molecule has 1 aliphatic rings. The van der Waals surface area contributed by atoms with Crippen LogP contribution in [0.3, 0.4) is 0 Å². The number of Topliss-reactive ketones (excluding diaryl/α,β-unsaturated/α-hetero) is 2. The van der Waals surface area contributed by atoms with Crippen LogP contribution in [0.25, 0.3) is 0 Å². The number of benzene rings is 2. The quantitative estimate of drug-likeness (QED) is 0.357. The highest BCUT2D eigenvalue weighted by Crippen LogP contribution is 2.35. The zero-order chi connectivity index (χ0) is 24.5. The van der Waals surface area contributed by atoms with Crippen LogP contribution in [0, 0.1) is 12.7 Å². The third-order valence-corrected chi connectivity index (χ3v) is 5.52. The Labute approximate surface area is 192 Å². The second kappa shape index (κ2) is 9.24. The number of pyridine rings is 1. The summed E-state index contributed by atoms with van der Waals surface area (Å²) in [4.78, 5) is 29.1. The van der Waals surface area contributed by atoms with Crippen LogP contribution in [0.15, 0.2) is 54.7 Å². The number of ketones is 2. The van der Waals surface area contributed by atoms with Gasteiger partial charge in [0.15, 0.2) is 23.1 Å². The highest BCUT2D eigenvalue weighted by Gasteiger charge is 2.33. The van der Waals surface area contributed by atoms with Crippen LogP contribution >= 0.6 is 0 Å². The van der Waals surface area contributed by atoms with Gasteiger partial charge < -0.3 is 9.47 Å². The van der Waals surface area contributed by atoms with Gasteiger partial charge in [-0.25, -0.2) is 4.39 Å². The summed E-state index contributed by atoms with van der Waals surface area (Å²) in [6.45, 7) is 1.72. The van der Waals surface area contributed by atoms with E-state index in [-0.39, 0.29) is 36.6 Å². The zero-order valence-corrected chi connectivity index (χ0v) is 18.0. The summed E-state index contributed by atoms with van der Waals surface area (Å²) in [5.41, 5.74) is 2.54. The molecule has 1 aromatic heterocycles. The van der Waals surface area contributed by atoms with Gasteiger partial charge >= 0.3 is 6.36 Å². The molecule has 1 aliphatic heterocycles. The van der Waals surface area contributed by atoms with Crippen LogP contribution in [0.5, 0.6) is 11.5 Å². The molecule has 1 atom stereocenters. The molecular formula is C25H19F4NO4. The minimum absolute atomic E-state index is 0.0581. The van der Waals surface area contributed by atoms with Crippen molar-refractivity contribution in [2.24, 2.45) is 0 Å². The number of hydrogen-bond donors (Lipinski definition) is 0. The van der Waals surface area contributed by atoms with E-state index in [0.29, 0.717) is 22.6 Å². The molecule has 0 bridgehead atoms. The first-order chi connectivity index (χ1) is 16.1. The van der Waals surface area contributed by atoms with Crippen molar-refractivity contribution in [2.45, 2.75) is 32.0 Å². The Morgan fingerprint density at radius 3 is 2.68 bits per heavy atom. The maximum Gasteiger partial charge on any atom is 0.573 e. The van der Waals surface area contributed by atoms with Gasteiger partial charge in [-0.3, -0.25) is 14.6 Å². The molecule has 2 aromatic carbocycles. The maximum atomic E-state index is 14.5. The van der Waals surface area contributed by atoms with Crippen LogP contribution < -0.4 is 9.47 Å². The standard InChI is InChI=1S/C25H19F4NO4/c1-14-3-2-8-30-24(14)19(15-6-7-22(20(26)10-15)34-25(27,28)29)12-21(32)16-4-5-17-9-18(31)13-33-23(17)11-16/h2-8,10-11,19H,9,12-13H2,1H3/t19-/m0/s1. The molecule has 176 valence electrons. The highest BCUT2D eigenvalue weighted by molar-refractivity contribution is 5.97. The van der Waals surface area contributed by atoms with Gasteiger partial charge in [0, 0.05) is 36.1 Å². The van der Waals surface area contributed by atoms with Crippen LogP contribution in [-0.4, -0.2) is 29.5 Å². The van der Waals surface area contributed by atoms with Gasteiger partial charge in [-0.1, -0.05) is 24.3 Å².